The summed E-state index contributed by atoms with van der Waals surface area (Å²) in [6.45, 7) is 1.67. The zero-order chi connectivity index (χ0) is 11.9. The number of carboxylic acid groups (broad SMARTS) is 1. The Morgan fingerprint density at radius 3 is 2.81 bits per heavy atom. The molecule has 0 aliphatic rings. The number of thiophene rings is 1. The molecule has 0 amide bonds. The van der Waals surface area contributed by atoms with E-state index in [0.717, 1.165) is 0 Å². The topological polar surface area (TPSA) is 77.8 Å². The molecule has 16 heavy (non-hydrogen) atoms. The molecule has 1 unspecified atom stereocenters. The van der Waals surface area contributed by atoms with Crippen LogP contribution in [0.25, 0.3) is 10.1 Å². The van der Waals surface area contributed by atoms with Gasteiger partial charge >= 0.3 is 5.97 Å². The molecule has 3 N–H and O–H groups in total. The quantitative estimate of drug-likeness (QED) is 0.748. The lowest BCUT2D eigenvalue weighted by atomic mass is 10.0. The van der Waals surface area contributed by atoms with Gasteiger partial charge < -0.3 is 15.3 Å². The first-order valence-corrected chi connectivity index (χ1v) is 5.51. The van der Waals surface area contributed by atoms with Crippen LogP contribution in [0.5, 0.6) is 5.75 Å². The predicted molar refractivity (Wildman–Crippen MR) is 60.8 cm³/mol. The second-order valence-electron chi connectivity index (χ2n) is 3.54. The van der Waals surface area contributed by atoms with Crippen molar-refractivity contribution >= 4 is 27.4 Å². The fourth-order valence-electron chi connectivity index (χ4n) is 1.64. The summed E-state index contributed by atoms with van der Waals surface area (Å²) in [4.78, 5) is 10.8. The largest absolute Gasteiger partial charge is 0.507 e. The number of aliphatic hydroxyl groups is 1. The van der Waals surface area contributed by atoms with Gasteiger partial charge in [0.1, 0.15) is 5.75 Å². The van der Waals surface area contributed by atoms with Gasteiger partial charge in [-0.1, -0.05) is 0 Å². The van der Waals surface area contributed by atoms with Gasteiger partial charge in [0.2, 0.25) is 0 Å². The number of rotatable bonds is 2. The van der Waals surface area contributed by atoms with Crippen molar-refractivity contribution in [2.75, 3.05) is 0 Å². The Kier molecular flexibility index (Phi) is 2.57. The van der Waals surface area contributed by atoms with E-state index < -0.39 is 12.1 Å². The maximum atomic E-state index is 10.8. The van der Waals surface area contributed by atoms with Crippen LogP contribution in [0.4, 0.5) is 0 Å². The fraction of sp³-hybridized carbons (Fsp3) is 0.182. The fourth-order valence-corrected chi connectivity index (χ4v) is 2.57. The second kappa shape index (κ2) is 3.77. The van der Waals surface area contributed by atoms with E-state index >= 15 is 0 Å². The van der Waals surface area contributed by atoms with E-state index in [1.54, 1.807) is 18.4 Å². The third kappa shape index (κ3) is 1.54. The summed E-state index contributed by atoms with van der Waals surface area (Å²) in [5, 5.41) is 30.4. The Bertz CT molecular complexity index is 558. The highest BCUT2D eigenvalue weighted by Crippen LogP contribution is 2.37. The number of aliphatic carboxylic acids is 1. The Morgan fingerprint density at radius 1 is 1.50 bits per heavy atom. The molecule has 1 aromatic carbocycles. The molecule has 2 rings (SSSR count). The summed E-state index contributed by atoms with van der Waals surface area (Å²) in [5.41, 5.74) is 0.883. The van der Waals surface area contributed by atoms with Gasteiger partial charge in [-0.25, -0.2) is 4.79 Å². The molecule has 1 heterocycles. The van der Waals surface area contributed by atoms with Gasteiger partial charge in [0.25, 0.3) is 0 Å². The summed E-state index contributed by atoms with van der Waals surface area (Å²) < 4.78 is 0.609. The lowest BCUT2D eigenvalue weighted by Gasteiger charge is -2.10. The van der Waals surface area contributed by atoms with E-state index in [-0.39, 0.29) is 5.75 Å². The average Bonchev–Trinajstić information content (AvgIpc) is 2.71. The number of phenolic OH excluding ortho intramolecular Hbond substituents is 1. The number of hydrogen-bond acceptors (Lipinski definition) is 4. The molecule has 0 fully saturated rings. The third-order valence-electron chi connectivity index (χ3n) is 2.46. The molecule has 4 nitrogen and oxygen atoms in total. The van der Waals surface area contributed by atoms with Gasteiger partial charge in [-0.05, 0) is 30.0 Å². The molecule has 0 saturated heterocycles. The summed E-state index contributed by atoms with van der Waals surface area (Å²) in [6.07, 6.45) is -1.56. The highest BCUT2D eigenvalue weighted by atomic mass is 32.1. The first-order chi connectivity index (χ1) is 7.52. The van der Waals surface area contributed by atoms with Gasteiger partial charge in [-0.2, -0.15) is 0 Å². The minimum atomic E-state index is -1.56. The maximum absolute atomic E-state index is 10.8. The number of carbonyl (C=O) groups is 1. The standard InChI is InChI=1S/C11H10O4S/c1-5-4-7(9(13)11(14)15)10-6(8(5)12)2-3-16-10/h2-4,9,12-13H,1H3,(H,14,15). The number of phenols is 1. The zero-order valence-corrected chi connectivity index (χ0v) is 9.28. The molecule has 0 bridgehead atoms. The summed E-state index contributed by atoms with van der Waals surface area (Å²) in [7, 11) is 0. The molecule has 0 spiro atoms. The first kappa shape index (κ1) is 10.9. The lowest BCUT2D eigenvalue weighted by molar-refractivity contribution is -0.146. The van der Waals surface area contributed by atoms with Crippen molar-refractivity contribution in [1.29, 1.82) is 0 Å². The lowest BCUT2D eigenvalue weighted by Crippen LogP contribution is -2.10. The van der Waals surface area contributed by atoms with Crippen molar-refractivity contribution in [2.45, 2.75) is 13.0 Å². The number of aryl methyl sites for hydroxylation is 1. The molecule has 2 aromatic rings. The van der Waals surface area contributed by atoms with Crippen LogP contribution in [0.2, 0.25) is 0 Å². The Balaban J connectivity index is 2.75. The third-order valence-corrected chi connectivity index (χ3v) is 3.42. The van der Waals surface area contributed by atoms with Gasteiger partial charge in [-0.15, -0.1) is 11.3 Å². The van der Waals surface area contributed by atoms with Crippen molar-refractivity contribution < 1.29 is 20.1 Å². The van der Waals surface area contributed by atoms with Crippen LogP contribution in [-0.2, 0) is 4.79 Å². The van der Waals surface area contributed by atoms with Gasteiger partial charge in [-0.3, -0.25) is 0 Å². The minimum Gasteiger partial charge on any atom is -0.507 e. The Hall–Kier alpha value is -1.59. The molecule has 84 valence electrons. The van der Waals surface area contributed by atoms with Crippen LogP contribution < -0.4 is 0 Å². The van der Waals surface area contributed by atoms with Crippen molar-refractivity contribution in [3.05, 3.63) is 28.6 Å². The number of aromatic hydroxyl groups is 1. The minimum absolute atomic E-state index is 0.137. The molecule has 0 saturated carbocycles. The van der Waals surface area contributed by atoms with E-state index in [1.165, 1.54) is 17.4 Å². The van der Waals surface area contributed by atoms with Crippen molar-refractivity contribution in [3.63, 3.8) is 0 Å². The van der Waals surface area contributed by atoms with Gasteiger partial charge in [0, 0.05) is 15.6 Å². The smallest absolute Gasteiger partial charge is 0.337 e. The van der Waals surface area contributed by atoms with Gasteiger partial charge in [0.15, 0.2) is 6.10 Å². The van der Waals surface area contributed by atoms with E-state index in [2.05, 4.69) is 0 Å². The second-order valence-corrected chi connectivity index (χ2v) is 4.45. The molecular weight excluding hydrogens is 228 g/mol. The van der Waals surface area contributed by atoms with E-state index in [4.69, 9.17) is 5.11 Å². The van der Waals surface area contributed by atoms with Crippen LogP contribution in [0.1, 0.15) is 17.2 Å². The number of aliphatic hydroxyl groups excluding tert-OH is 1. The van der Waals surface area contributed by atoms with Crippen molar-refractivity contribution in [3.8, 4) is 5.75 Å². The van der Waals surface area contributed by atoms with Crippen LogP contribution in [0.3, 0.4) is 0 Å². The average molecular weight is 238 g/mol. The molecular formula is C11H10O4S. The van der Waals surface area contributed by atoms with E-state index in [0.29, 0.717) is 21.2 Å². The molecule has 1 atom stereocenters. The van der Waals surface area contributed by atoms with Gasteiger partial charge in [0.05, 0.1) is 0 Å². The SMILES string of the molecule is Cc1cc(C(O)C(=O)O)c2sccc2c1O. The number of hydrogen-bond donors (Lipinski definition) is 3. The summed E-state index contributed by atoms with van der Waals surface area (Å²) in [6, 6.07) is 3.22. The number of benzene rings is 1. The molecule has 0 aliphatic carbocycles. The van der Waals surface area contributed by atoms with Crippen LogP contribution in [-0.4, -0.2) is 21.3 Å². The van der Waals surface area contributed by atoms with Crippen LogP contribution in [0.15, 0.2) is 17.5 Å². The molecule has 1 aromatic heterocycles. The van der Waals surface area contributed by atoms with E-state index in [1.807, 2.05) is 0 Å². The number of carboxylic acids is 1. The molecule has 0 radical (unpaired) electrons. The normalized spacial score (nSPS) is 12.9. The Morgan fingerprint density at radius 2 is 2.19 bits per heavy atom. The highest BCUT2D eigenvalue weighted by molar-refractivity contribution is 7.17. The summed E-state index contributed by atoms with van der Waals surface area (Å²) >= 11 is 1.30. The zero-order valence-electron chi connectivity index (χ0n) is 8.47. The van der Waals surface area contributed by atoms with Crippen molar-refractivity contribution in [1.82, 2.24) is 0 Å². The molecule has 0 aliphatic heterocycles. The monoisotopic (exact) mass is 238 g/mol. The number of fused-ring (bicyclic) bond motifs is 1. The Labute approximate surface area is 95.4 Å². The van der Waals surface area contributed by atoms with Crippen molar-refractivity contribution in [2.24, 2.45) is 0 Å². The summed E-state index contributed by atoms with van der Waals surface area (Å²) in [5.74, 6) is -1.16. The highest BCUT2D eigenvalue weighted by Gasteiger charge is 2.21. The van der Waals surface area contributed by atoms with Crippen LogP contribution >= 0.6 is 11.3 Å². The van der Waals surface area contributed by atoms with Crippen LogP contribution in [0, 0.1) is 6.92 Å². The van der Waals surface area contributed by atoms with E-state index in [9.17, 15) is 15.0 Å². The first-order valence-electron chi connectivity index (χ1n) is 4.63. The predicted octanol–water partition coefficient (Wildman–Crippen LogP) is 2.03. The maximum Gasteiger partial charge on any atom is 0.337 e. The molecule has 5 heteroatoms.